The van der Waals surface area contributed by atoms with Crippen LogP contribution in [0.4, 0.5) is 10.5 Å². The predicted molar refractivity (Wildman–Crippen MR) is 98.5 cm³/mol. The molecule has 23 heavy (non-hydrogen) atoms. The van der Waals surface area contributed by atoms with E-state index in [1.54, 1.807) is 4.90 Å². The molecule has 0 bridgehead atoms. The van der Waals surface area contributed by atoms with E-state index in [2.05, 4.69) is 40.5 Å². The molecular weight excluding hydrogens is 405 g/mol. The summed E-state index contributed by atoms with van der Waals surface area (Å²) in [6.45, 7) is 9.67. The van der Waals surface area contributed by atoms with Crippen LogP contribution in [0.5, 0.6) is 0 Å². The van der Waals surface area contributed by atoms with Crippen molar-refractivity contribution in [2.45, 2.75) is 39.3 Å². The Balaban J connectivity index is 2.11. The van der Waals surface area contributed by atoms with E-state index in [9.17, 15) is 4.79 Å². The number of piperazine rings is 1. The molecule has 0 aromatic heterocycles. The lowest BCUT2D eigenvalue weighted by Crippen LogP contribution is -2.54. The van der Waals surface area contributed by atoms with E-state index in [1.807, 2.05) is 39.0 Å². The van der Waals surface area contributed by atoms with Crippen LogP contribution in [0.25, 0.3) is 0 Å². The highest BCUT2D eigenvalue weighted by Crippen LogP contribution is 2.28. The van der Waals surface area contributed by atoms with Crippen LogP contribution in [0.1, 0.15) is 33.3 Å². The van der Waals surface area contributed by atoms with Crippen molar-refractivity contribution in [2.75, 3.05) is 24.5 Å². The molecule has 0 radical (unpaired) electrons. The average Bonchev–Trinajstić information content (AvgIpc) is 2.46. The van der Waals surface area contributed by atoms with Crippen LogP contribution in [0.3, 0.4) is 0 Å². The number of rotatable bonds is 1. The van der Waals surface area contributed by atoms with Gasteiger partial charge in [0, 0.05) is 29.2 Å². The lowest BCUT2D eigenvalue weighted by Gasteiger charge is -2.41. The molecule has 0 unspecified atom stereocenters. The zero-order chi connectivity index (χ0) is 17.2. The number of halogens is 1. The number of carbonyl (C=O) groups is 1. The second-order valence-electron chi connectivity index (χ2n) is 6.75. The summed E-state index contributed by atoms with van der Waals surface area (Å²) in [5, 5.41) is 9.10. The molecule has 0 aliphatic carbocycles. The summed E-state index contributed by atoms with van der Waals surface area (Å²) in [5.74, 6) is 0. The molecular formula is C17H22IN3O2. The van der Waals surface area contributed by atoms with Crippen LogP contribution in [0, 0.1) is 14.9 Å². The lowest BCUT2D eigenvalue weighted by molar-refractivity contribution is 0.0218. The first kappa shape index (κ1) is 17.9. The van der Waals surface area contributed by atoms with Crippen molar-refractivity contribution in [3.8, 4) is 6.07 Å². The number of hydrogen-bond acceptors (Lipinski definition) is 4. The molecule has 5 nitrogen and oxygen atoms in total. The van der Waals surface area contributed by atoms with Gasteiger partial charge in [0.2, 0.25) is 0 Å². The van der Waals surface area contributed by atoms with E-state index in [1.165, 1.54) is 0 Å². The maximum absolute atomic E-state index is 12.2. The number of ether oxygens (including phenoxy) is 1. The average molecular weight is 427 g/mol. The molecule has 0 N–H and O–H groups in total. The SMILES string of the molecule is C[C@H]1CN(C(=O)OC(C)(C)C)CCN1c1cc(C#N)ccc1I. The van der Waals surface area contributed by atoms with Crippen molar-refractivity contribution in [3.05, 3.63) is 27.3 Å². The van der Waals surface area contributed by atoms with Gasteiger partial charge in [0.1, 0.15) is 5.60 Å². The van der Waals surface area contributed by atoms with E-state index < -0.39 is 5.60 Å². The van der Waals surface area contributed by atoms with Crippen LogP contribution in [0.2, 0.25) is 0 Å². The number of nitrogens with zero attached hydrogens (tertiary/aromatic N) is 3. The van der Waals surface area contributed by atoms with E-state index in [0.717, 1.165) is 15.8 Å². The van der Waals surface area contributed by atoms with Gasteiger partial charge in [0.25, 0.3) is 0 Å². The first-order valence-electron chi connectivity index (χ1n) is 7.65. The Labute approximate surface area is 151 Å². The van der Waals surface area contributed by atoms with E-state index >= 15 is 0 Å². The van der Waals surface area contributed by atoms with E-state index in [0.29, 0.717) is 18.7 Å². The molecule has 1 aromatic carbocycles. The van der Waals surface area contributed by atoms with Gasteiger partial charge in [-0.1, -0.05) is 0 Å². The van der Waals surface area contributed by atoms with Gasteiger partial charge < -0.3 is 14.5 Å². The monoisotopic (exact) mass is 427 g/mol. The molecule has 1 aliphatic rings. The van der Waals surface area contributed by atoms with Crippen LogP contribution in [0.15, 0.2) is 18.2 Å². The third-order valence-electron chi connectivity index (χ3n) is 3.66. The van der Waals surface area contributed by atoms with Gasteiger partial charge in [-0.05, 0) is 68.5 Å². The topological polar surface area (TPSA) is 56.6 Å². The number of anilines is 1. The highest BCUT2D eigenvalue weighted by molar-refractivity contribution is 14.1. The summed E-state index contributed by atoms with van der Waals surface area (Å²) < 4.78 is 6.56. The van der Waals surface area contributed by atoms with Gasteiger partial charge in [-0.3, -0.25) is 0 Å². The molecule has 2 rings (SSSR count). The molecule has 1 saturated heterocycles. The van der Waals surface area contributed by atoms with Gasteiger partial charge in [-0.2, -0.15) is 5.26 Å². The number of amides is 1. The highest BCUT2D eigenvalue weighted by Gasteiger charge is 2.30. The fourth-order valence-corrected chi connectivity index (χ4v) is 3.26. The number of carbonyl (C=O) groups excluding carboxylic acids is 1. The lowest BCUT2D eigenvalue weighted by atomic mass is 10.1. The molecule has 1 atom stereocenters. The molecule has 0 saturated carbocycles. The van der Waals surface area contributed by atoms with Crippen LogP contribution < -0.4 is 4.90 Å². The summed E-state index contributed by atoms with van der Waals surface area (Å²) in [7, 11) is 0. The Kier molecular flexibility index (Phi) is 5.40. The Hall–Kier alpha value is -1.49. The number of benzene rings is 1. The fourth-order valence-electron chi connectivity index (χ4n) is 2.61. The van der Waals surface area contributed by atoms with Crippen molar-refractivity contribution in [1.29, 1.82) is 5.26 Å². The van der Waals surface area contributed by atoms with E-state index in [-0.39, 0.29) is 12.1 Å². The molecule has 1 heterocycles. The van der Waals surface area contributed by atoms with E-state index in [4.69, 9.17) is 10.00 Å². The Bertz CT molecular complexity index is 634. The second kappa shape index (κ2) is 6.95. The highest BCUT2D eigenvalue weighted by atomic mass is 127. The number of hydrogen-bond donors (Lipinski definition) is 0. The molecule has 6 heteroatoms. The summed E-state index contributed by atoms with van der Waals surface area (Å²) in [5.41, 5.74) is 1.23. The molecule has 1 amide bonds. The minimum atomic E-state index is -0.478. The standard InChI is InChI=1S/C17H22IN3O2/c1-12-11-20(16(22)23-17(2,3)4)7-8-21(12)15-9-13(10-19)5-6-14(15)18/h5-6,9,12H,7-8,11H2,1-4H3/t12-/m0/s1. The van der Waals surface area contributed by atoms with Crippen LogP contribution in [-0.2, 0) is 4.74 Å². The predicted octanol–water partition coefficient (Wildman–Crippen LogP) is 3.61. The van der Waals surface area contributed by atoms with Crippen molar-refractivity contribution in [1.82, 2.24) is 4.90 Å². The molecule has 1 aliphatic heterocycles. The van der Waals surface area contributed by atoms with Gasteiger partial charge in [-0.25, -0.2) is 4.79 Å². The summed E-state index contributed by atoms with van der Waals surface area (Å²) >= 11 is 2.29. The molecule has 0 spiro atoms. The minimum absolute atomic E-state index is 0.165. The maximum Gasteiger partial charge on any atom is 0.410 e. The van der Waals surface area contributed by atoms with Crippen molar-refractivity contribution in [2.24, 2.45) is 0 Å². The second-order valence-corrected chi connectivity index (χ2v) is 7.91. The zero-order valence-electron chi connectivity index (χ0n) is 14.0. The molecule has 124 valence electrons. The normalized spacial score (nSPS) is 18.5. The fraction of sp³-hybridized carbons (Fsp3) is 0.529. The third-order valence-corrected chi connectivity index (χ3v) is 4.58. The zero-order valence-corrected chi connectivity index (χ0v) is 16.1. The van der Waals surface area contributed by atoms with Crippen LogP contribution >= 0.6 is 22.6 Å². The summed E-state index contributed by atoms with van der Waals surface area (Å²) in [4.78, 5) is 16.2. The Morgan fingerprint density at radius 1 is 1.39 bits per heavy atom. The minimum Gasteiger partial charge on any atom is -0.444 e. The number of nitriles is 1. The third kappa shape index (κ3) is 4.50. The van der Waals surface area contributed by atoms with Gasteiger partial charge >= 0.3 is 6.09 Å². The first-order chi connectivity index (χ1) is 10.7. The van der Waals surface area contributed by atoms with Crippen molar-refractivity contribution >= 4 is 34.4 Å². The van der Waals surface area contributed by atoms with Crippen molar-refractivity contribution < 1.29 is 9.53 Å². The Morgan fingerprint density at radius 2 is 2.09 bits per heavy atom. The van der Waals surface area contributed by atoms with Gasteiger partial charge in [0.05, 0.1) is 17.3 Å². The van der Waals surface area contributed by atoms with Crippen molar-refractivity contribution in [3.63, 3.8) is 0 Å². The Morgan fingerprint density at radius 3 is 2.65 bits per heavy atom. The quantitative estimate of drug-likeness (QED) is 0.643. The summed E-state index contributed by atoms with van der Waals surface area (Å²) in [6, 6.07) is 8.06. The first-order valence-corrected chi connectivity index (χ1v) is 8.73. The van der Waals surface area contributed by atoms with Gasteiger partial charge in [0.15, 0.2) is 0 Å². The summed E-state index contributed by atoms with van der Waals surface area (Å²) in [6.07, 6.45) is -0.260. The largest absolute Gasteiger partial charge is 0.444 e. The maximum atomic E-state index is 12.2. The smallest absolute Gasteiger partial charge is 0.410 e. The van der Waals surface area contributed by atoms with Crippen LogP contribution in [-0.4, -0.2) is 42.3 Å². The van der Waals surface area contributed by atoms with Gasteiger partial charge in [-0.15, -0.1) is 0 Å². The molecule has 1 fully saturated rings. The molecule has 1 aromatic rings.